The lowest BCUT2D eigenvalue weighted by Crippen LogP contribution is -1.95. The Morgan fingerprint density at radius 3 is 2.38 bits per heavy atom. The van der Waals surface area contributed by atoms with E-state index in [4.69, 9.17) is 4.98 Å². The molecule has 4 aromatic rings. The summed E-state index contributed by atoms with van der Waals surface area (Å²) >= 11 is 0. The molecule has 26 heavy (non-hydrogen) atoms. The van der Waals surface area contributed by atoms with Gasteiger partial charge in [0.2, 0.25) is 0 Å². The van der Waals surface area contributed by atoms with Gasteiger partial charge in [0.05, 0.1) is 11.0 Å². The third kappa shape index (κ3) is 3.42. The van der Waals surface area contributed by atoms with Gasteiger partial charge in [-0.05, 0) is 47.4 Å². The molecule has 0 aliphatic heterocycles. The van der Waals surface area contributed by atoms with Crippen molar-refractivity contribution in [2.45, 2.75) is 6.42 Å². The summed E-state index contributed by atoms with van der Waals surface area (Å²) < 4.78 is 2.16. The smallest absolute Gasteiger partial charge is 0.140 e. The van der Waals surface area contributed by atoms with Gasteiger partial charge in [-0.25, -0.2) is 4.98 Å². The lowest BCUT2D eigenvalue weighted by Gasteiger charge is -2.09. The van der Waals surface area contributed by atoms with Crippen LogP contribution in [0.4, 0.5) is 0 Å². The average Bonchev–Trinajstić information content (AvgIpc) is 2.99. The Hall–Kier alpha value is -2.84. The van der Waals surface area contributed by atoms with Crippen LogP contribution in [0.2, 0.25) is 0 Å². The Labute approximate surface area is 160 Å². The Kier molecular flexibility index (Phi) is 5.24. The normalized spacial score (nSPS) is 10.5. The molecule has 1 aromatic heterocycles. The summed E-state index contributed by atoms with van der Waals surface area (Å²) in [6.45, 7) is 3.95. The van der Waals surface area contributed by atoms with Crippen LogP contribution in [0.5, 0.6) is 0 Å². The summed E-state index contributed by atoms with van der Waals surface area (Å²) in [5.41, 5.74) is 6.99. The molecule has 0 bridgehead atoms. The minimum absolute atomic E-state index is 0. The number of benzene rings is 3. The average molecular weight is 361 g/mol. The monoisotopic (exact) mass is 360 g/mol. The molecule has 0 amide bonds. The highest BCUT2D eigenvalue weighted by atomic mass is 35.5. The van der Waals surface area contributed by atoms with Gasteiger partial charge in [-0.2, -0.15) is 0 Å². The van der Waals surface area contributed by atoms with Gasteiger partial charge in [0, 0.05) is 12.6 Å². The van der Waals surface area contributed by atoms with Gasteiger partial charge in [0.1, 0.15) is 5.82 Å². The lowest BCUT2D eigenvalue weighted by atomic mass is 9.99. The molecule has 130 valence electrons. The fourth-order valence-electron chi connectivity index (χ4n) is 3.30. The van der Waals surface area contributed by atoms with Crippen molar-refractivity contribution in [1.29, 1.82) is 0 Å². The van der Waals surface area contributed by atoms with Crippen LogP contribution in [-0.2, 0) is 13.5 Å². The molecule has 2 nitrogen and oxygen atoms in total. The predicted octanol–water partition coefficient (Wildman–Crippen LogP) is 5.90. The number of imidazole rings is 1. The van der Waals surface area contributed by atoms with E-state index in [1.54, 1.807) is 0 Å². The van der Waals surface area contributed by atoms with Crippen molar-refractivity contribution in [3.63, 3.8) is 0 Å². The molecule has 0 N–H and O–H groups in total. The van der Waals surface area contributed by atoms with Gasteiger partial charge in [0.15, 0.2) is 0 Å². The highest BCUT2D eigenvalue weighted by Crippen LogP contribution is 2.26. The van der Waals surface area contributed by atoms with E-state index in [0.29, 0.717) is 0 Å². The van der Waals surface area contributed by atoms with E-state index in [2.05, 4.69) is 84.9 Å². The largest absolute Gasteiger partial charge is 0.327 e. The zero-order chi connectivity index (χ0) is 17.2. The van der Waals surface area contributed by atoms with Crippen LogP contribution in [0.25, 0.3) is 28.5 Å². The zero-order valence-electron chi connectivity index (χ0n) is 14.7. The number of halogens is 1. The maximum atomic E-state index is 4.83. The Balaban J connectivity index is 0.00000196. The molecule has 0 radical (unpaired) electrons. The molecule has 4 rings (SSSR count). The Bertz CT molecular complexity index is 1050. The molecule has 1 heterocycles. The molecule has 0 saturated heterocycles. The third-order valence-electron chi connectivity index (χ3n) is 4.55. The van der Waals surface area contributed by atoms with Gasteiger partial charge in [-0.15, -0.1) is 12.4 Å². The topological polar surface area (TPSA) is 17.8 Å². The van der Waals surface area contributed by atoms with E-state index in [1.165, 1.54) is 11.1 Å². The minimum Gasteiger partial charge on any atom is -0.327 e. The third-order valence-corrected chi connectivity index (χ3v) is 4.55. The number of nitrogens with zero attached hydrogens (tertiary/aromatic N) is 2. The Morgan fingerprint density at radius 1 is 0.923 bits per heavy atom. The van der Waals surface area contributed by atoms with Crippen LogP contribution < -0.4 is 0 Å². The van der Waals surface area contributed by atoms with E-state index in [-0.39, 0.29) is 12.4 Å². The first-order valence-electron chi connectivity index (χ1n) is 8.47. The summed E-state index contributed by atoms with van der Waals surface area (Å²) in [5, 5.41) is 0. The number of rotatable bonds is 4. The van der Waals surface area contributed by atoms with E-state index < -0.39 is 0 Å². The van der Waals surface area contributed by atoms with Crippen molar-refractivity contribution in [1.82, 2.24) is 9.55 Å². The summed E-state index contributed by atoms with van der Waals surface area (Å²) in [5.74, 6) is 0.985. The second-order valence-electron chi connectivity index (χ2n) is 6.31. The SMILES string of the molecule is C=Cc1cc(Cc2ccccc2)cc(-c2nc3ccccc3n2C)c1.Cl. The van der Waals surface area contributed by atoms with Crippen LogP contribution in [0.15, 0.2) is 79.4 Å². The van der Waals surface area contributed by atoms with Gasteiger partial charge in [-0.1, -0.05) is 61.2 Å². The summed E-state index contributed by atoms with van der Waals surface area (Å²) in [4.78, 5) is 4.83. The van der Waals surface area contributed by atoms with Crippen molar-refractivity contribution < 1.29 is 0 Å². The van der Waals surface area contributed by atoms with Crippen LogP contribution >= 0.6 is 12.4 Å². The molecular weight excluding hydrogens is 340 g/mol. The van der Waals surface area contributed by atoms with Gasteiger partial charge >= 0.3 is 0 Å². The molecule has 0 fully saturated rings. The first-order chi connectivity index (χ1) is 12.2. The van der Waals surface area contributed by atoms with Crippen LogP contribution in [0, 0.1) is 0 Å². The lowest BCUT2D eigenvalue weighted by molar-refractivity contribution is 0.958. The number of aryl methyl sites for hydroxylation is 1. The van der Waals surface area contributed by atoms with Crippen LogP contribution in [0.3, 0.4) is 0 Å². The molecule has 0 atom stereocenters. The fourth-order valence-corrected chi connectivity index (χ4v) is 3.30. The molecule has 3 aromatic carbocycles. The van der Waals surface area contributed by atoms with Gasteiger partial charge in [-0.3, -0.25) is 0 Å². The van der Waals surface area contributed by atoms with Crippen molar-refractivity contribution in [2.24, 2.45) is 7.05 Å². The maximum Gasteiger partial charge on any atom is 0.140 e. The van der Waals surface area contributed by atoms with Crippen molar-refractivity contribution in [3.05, 3.63) is 96.1 Å². The van der Waals surface area contributed by atoms with E-state index >= 15 is 0 Å². The fraction of sp³-hybridized carbons (Fsp3) is 0.0870. The van der Waals surface area contributed by atoms with Gasteiger partial charge in [0.25, 0.3) is 0 Å². The minimum atomic E-state index is 0. The first-order valence-corrected chi connectivity index (χ1v) is 8.47. The molecule has 0 aliphatic carbocycles. The molecular formula is C23H21ClN2. The molecule has 0 unspecified atom stereocenters. The molecule has 0 saturated carbocycles. The number of para-hydroxylation sites is 2. The van der Waals surface area contributed by atoms with Crippen molar-refractivity contribution in [2.75, 3.05) is 0 Å². The van der Waals surface area contributed by atoms with E-state index in [1.807, 2.05) is 12.1 Å². The van der Waals surface area contributed by atoms with E-state index in [9.17, 15) is 0 Å². The van der Waals surface area contributed by atoms with Crippen LogP contribution in [0.1, 0.15) is 16.7 Å². The highest BCUT2D eigenvalue weighted by molar-refractivity contribution is 5.85. The second-order valence-corrected chi connectivity index (χ2v) is 6.31. The quantitative estimate of drug-likeness (QED) is 0.443. The summed E-state index contributed by atoms with van der Waals surface area (Å²) in [6.07, 6.45) is 2.81. The van der Waals surface area contributed by atoms with Crippen LogP contribution in [-0.4, -0.2) is 9.55 Å². The number of aromatic nitrogens is 2. The number of hydrogen-bond acceptors (Lipinski definition) is 1. The van der Waals surface area contributed by atoms with Gasteiger partial charge < -0.3 is 4.57 Å². The maximum absolute atomic E-state index is 4.83. The Morgan fingerprint density at radius 2 is 1.65 bits per heavy atom. The standard InChI is InChI=1S/C23H20N2.ClH/c1-3-17-13-19(14-18-9-5-4-6-10-18)16-20(15-17)23-24-21-11-7-8-12-22(21)25(23)2;/h3-13,15-16H,1,14H2,2H3;1H. The highest BCUT2D eigenvalue weighted by Gasteiger charge is 2.11. The second kappa shape index (κ2) is 7.59. The van der Waals surface area contributed by atoms with Crippen molar-refractivity contribution >= 4 is 29.5 Å². The van der Waals surface area contributed by atoms with E-state index in [0.717, 1.165) is 34.4 Å². The predicted molar refractivity (Wildman–Crippen MR) is 113 cm³/mol. The molecule has 0 aliphatic rings. The number of hydrogen-bond donors (Lipinski definition) is 0. The molecule has 3 heteroatoms. The first kappa shape index (κ1) is 18.0. The zero-order valence-corrected chi connectivity index (χ0v) is 15.5. The summed E-state index contributed by atoms with van der Waals surface area (Å²) in [7, 11) is 2.07. The summed E-state index contributed by atoms with van der Waals surface area (Å²) in [6, 6.07) is 25.4. The number of fused-ring (bicyclic) bond motifs is 1. The van der Waals surface area contributed by atoms with Crippen molar-refractivity contribution in [3.8, 4) is 11.4 Å². The molecule has 0 spiro atoms.